The highest BCUT2D eigenvalue weighted by Gasteiger charge is 2.46. The van der Waals surface area contributed by atoms with E-state index in [9.17, 15) is 9.90 Å². The zero-order valence-corrected chi connectivity index (χ0v) is 15.0. The summed E-state index contributed by atoms with van der Waals surface area (Å²) in [7, 11) is 1.70. The van der Waals surface area contributed by atoms with Crippen LogP contribution in [0.15, 0.2) is 66.3 Å². The number of benzene rings is 1. The second kappa shape index (κ2) is 8.04. The summed E-state index contributed by atoms with van der Waals surface area (Å²) in [5.74, 6) is -0.764. The maximum atomic E-state index is 11.6. The third-order valence-corrected chi connectivity index (χ3v) is 6.15. The zero-order chi connectivity index (χ0) is 17.7. The summed E-state index contributed by atoms with van der Waals surface area (Å²) in [5.41, 5.74) is 1.27. The van der Waals surface area contributed by atoms with Crippen LogP contribution in [-0.2, 0) is 15.1 Å². The van der Waals surface area contributed by atoms with Gasteiger partial charge in [0.05, 0.1) is 5.37 Å². The number of allylic oxidation sites excluding steroid dienone is 4. The van der Waals surface area contributed by atoms with E-state index in [1.165, 1.54) is 11.8 Å². The molecule has 1 aromatic carbocycles. The number of carbonyl (C=O) groups is 1. The number of aliphatic carboxylic acids is 1. The van der Waals surface area contributed by atoms with Crippen molar-refractivity contribution in [2.24, 2.45) is 0 Å². The Morgan fingerprint density at radius 1 is 1.32 bits per heavy atom. The van der Waals surface area contributed by atoms with Crippen molar-refractivity contribution in [3.8, 4) is 0 Å². The maximum absolute atomic E-state index is 11.6. The Kier molecular flexibility index (Phi) is 5.78. The van der Waals surface area contributed by atoms with Gasteiger partial charge in [-0.15, -0.1) is 11.8 Å². The molecule has 0 radical (unpaired) electrons. The van der Waals surface area contributed by atoms with Crippen LogP contribution in [0.1, 0.15) is 18.4 Å². The Morgan fingerprint density at radius 2 is 2.12 bits per heavy atom. The lowest BCUT2D eigenvalue weighted by atomic mass is 9.84. The first kappa shape index (κ1) is 18.0. The number of hydrogen-bond donors (Lipinski definition) is 2. The van der Waals surface area contributed by atoms with Crippen LogP contribution in [0.4, 0.5) is 0 Å². The Labute approximate surface area is 152 Å². The van der Waals surface area contributed by atoms with E-state index >= 15 is 0 Å². The van der Waals surface area contributed by atoms with Crippen molar-refractivity contribution < 1.29 is 14.6 Å². The molecule has 3 rings (SSSR count). The van der Waals surface area contributed by atoms with Gasteiger partial charge in [0.1, 0.15) is 10.9 Å². The molecule has 1 saturated heterocycles. The van der Waals surface area contributed by atoms with E-state index in [4.69, 9.17) is 4.74 Å². The summed E-state index contributed by atoms with van der Waals surface area (Å²) in [4.78, 5) is 11.6. The monoisotopic (exact) mass is 357 g/mol. The number of hydrogen-bond acceptors (Lipinski definition) is 4. The molecule has 25 heavy (non-hydrogen) atoms. The Hall–Kier alpha value is -1.82. The quantitative estimate of drug-likeness (QED) is 0.845. The Morgan fingerprint density at radius 3 is 2.84 bits per heavy atom. The van der Waals surface area contributed by atoms with Crippen LogP contribution < -0.4 is 5.32 Å². The van der Waals surface area contributed by atoms with Crippen molar-refractivity contribution in [3.05, 3.63) is 71.8 Å². The number of carboxylic acids is 1. The van der Waals surface area contributed by atoms with Crippen molar-refractivity contribution in [3.63, 3.8) is 0 Å². The standard InChI is InChI=1S/C20H23NO3S/c1-24-20(16-11-7-4-8-12-16,15-9-5-2-3-6-10-15)19-21-14-13-17(25-19)18(22)23/h2,4-12,17,19,21H,3,13-14H2,1H3,(H,22,23)/t17-,19?,20+/m1/s1. The van der Waals surface area contributed by atoms with E-state index < -0.39 is 16.8 Å². The van der Waals surface area contributed by atoms with Crippen molar-refractivity contribution in [1.82, 2.24) is 5.32 Å². The minimum absolute atomic E-state index is 0.197. The lowest BCUT2D eigenvalue weighted by Crippen LogP contribution is -2.53. The van der Waals surface area contributed by atoms with E-state index in [-0.39, 0.29) is 5.37 Å². The first-order chi connectivity index (χ1) is 12.2. The van der Waals surface area contributed by atoms with Crippen LogP contribution in [-0.4, -0.2) is 35.4 Å². The molecule has 4 nitrogen and oxygen atoms in total. The molecule has 1 heterocycles. The van der Waals surface area contributed by atoms with Gasteiger partial charge in [0.2, 0.25) is 0 Å². The van der Waals surface area contributed by atoms with Gasteiger partial charge < -0.3 is 15.2 Å². The van der Waals surface area contributed by atoms with E-state index in [1.807, 2.05) is 36.4 Å². The maximum Gasteiger partial charge on any atom is 0.316 e. The fourth-order valence-electron chi connectivity index (χ4n) is 3.37. The van der Waals surface area contributed by atoms with Crippen LogP contribution in [0.5, 0.6) is 0 Å². The van der Waals surface area contributed by atoms with Gasteiger partial charge >= 0.3 is 5.97 Å². The fraction of sp³-hybridized carbons (Fsp3) is 0.350. The number of carboxylic acid groups (broad SMARTS) is 1. The smallest absolute Gasteiger partial charge is 0.316 e. The average molecular weight is 357 g/mol. The summed E-state index contributed by atoms with van der Waals surface area (Å²) in [5, 5.41) is 12.3. The molecule has 0 amide bonds. The highest BCUT2D eigenvalue weighted by Crippen LogP contribution is 2.45. The summed E-state index contributed by atoms with van der Waals surface area (Å²) in [6.45, 7) is 0.652. The number of methoxy groups -OCH3 is 1. The molecule has 132 valence electrons. The highest BCUT2D eigenvalue weighted by atomic mass is 32.2. The summed E-state index contributed by atoms with van der Waals surface area (Å²) < 4.78 is 6.16. The van der Waals surface area contributed by atoms with Gasteiger partial charge in [-0.05, 0) is 30.5 Å². The largest absolute Gasteiger partial charge is 0.480 e. The van der Waals surface area contributed by atoms with Crippen molar-refractivity contribution >= 4 is 17.7 Å². The van der Waals surface area contributed by atoms with Gasteiger partial charge in [-0.1, -0.05) is 60.7 Å². The fourth-order valence-corrected chi connectivity index (χ4v) is 4.85. The normalized spacial score (nSPS) is 25.7. The second-order valence-electron chi connectivity index (χ2n) is 6.08. The van der Waals surface area contributed by atoms with E-state index in [0.29, 0.717) is 13.0 Å². The number of nitrogens with one attached hydrogen (secondary N) is 1. The zero-order valence-electron chi connectivity index (χ0n) is 14.2. The van der Waals surface area contributed by atoms with Crippen LogP contribution >= 0.6 is 11.8 Å². The minimum Gasteiger partial charge on any atom is -0.480 e. The molecule has 0 bridgehead atoms. The molecule has 3 atom stereocenters. The summed E-state index contributed by atoms with van der Waals surface area (Å²) >= 11 is 1.43. The van der Waals surface area contributed by atoms with Gasteiger partial charge in [-0.3, -0.25) is 4.79 Å². The molecule has 0 spiro atoms. The molecule has 5 heteroatoms. The molecular formula is C20H23NO3S. The minimum atomic E-state index is -0.764. The molecule has 1 fully saturated rings. The number of ether oxygens (including phenoxy) is 1. The van der Waals surface area contributed by atoms with Crippen LogP contribution in [0.3, 0.4) is 0 Å². The predicted molar refractivity (Wildman–Crippen MR) is 102 cm³/mol. The average Bonchev–Trinajstić information content (AvgIpc) is 2.94. The lowest BCUT2D eigenvalue weighted by molar-refractivity contribution is -0.136. The molecule has 0 saturated carbocycles. The number of thioether (sulfide) groups is 1. The summed E-state index contributed by atoms with van der Waals surface area (Å²) in [6, 6.07) is 10.0. The van der Waals surface area contributed by atoms with Crippen molar-refractivity contribution in [2.45, 2.75) is 29.1 Å². The van der Waals surface area contributed by atoms with Gasteiger partial charge in [-0.25, -0.2) is 0 Å². The van der Waals surface area contributed by atoms with E-state index in [1.54, 1.807) is 7.11 Å². The topological polar surface area (TPSA) is 58.6 Å². The van der Waals surface area contributed by atoms with Crippen LogP contribution in [0.2, 0.25) is 0 Å². The lowest BCUT2D eigenvalue weighted by Gasteiger charge is -2.44. The van der Waals surface area contributed by atoms with E-state index in [2.05, 4.69) is 29.6 Å². The van der Waals surface area contributed by atoms with Gasteiger partial charge in [0, 0.05) is 7.11 Å². The highest BCUT2D eigenvalue weighted by molar-refractivity contribution is 8.01. The first-order valence-corrected chi connectivity index (χ1v) is 9.39. The van der Waals surface area contributed by atoms with Gasteiger partial charge in [-0.2, -0.15) is 0 Å². The van der Waals surface area contributed by atoms with Crippen LogP contribution in [0, 0.1) is 0 Å². The van der Waals surface area contributed by atoms with Crippen LogP contribution in [0.25, 0.3) is 0 Å². The second-order valence-corrected chi connectivity index (χ2v) is 7.39. The third-order valence-electron chi connectivity index (χ3n) is 4.62. The third kappa shape index (κ3) is 3.59. The molecular weight excluding hydrogens is 334 g/mol. The molecule has 2 N–H and O–H groups in total. The predicted octanol–water partition coefficient (Wildman–Crippen LogP) is 3.48. The Balaban J connectivity index is 2.09. The Bertz CT molecular complexity index is 698. The van der Waals surface area contributed by atoms with E-state index in [0.717, 1.165) is 17.6 Å². The SMILES string of the molecule is CO[C@@](C1=CC=CCC=C1)(c1ccccc1)C1NCC[C@H](C(=O)O)S1. The molecule has 2 aliphatic rings. The van der Waals surface area contributed by atoms with Crippen molar-refractivity contribution in [2.75, 3.05) is 13.7 Å². The molecule has 1 aromatic rings. The van der Waals surface area contributed by atoms with Gasteiger partial charge in [0.25, 0.3) is 0 Å². The molecule has 1 aliphatic carbocycles. The molecule has 1 unspecified atom stereocenters. The number of rotatable bonds is 5. The molecule has 0 aromatic heterocycles. The summed E-state index contributed by atoms with van der Waals surface area (Å²) in [6.07, 6.45) is 11.9. The van der Waals surface area contributed by atoms with Crippen molar-refractivity contribution in [1.29, 1.82) is 0 Å². The molecule has 1 aliphatic heterocycles. The first-order valence-electron chi connectivity index (χ1n) is 8.44. The van der Waals surface area contributed by atoms with Gasteiger partial charge in [0.15, 0.2) is 0 Å².